The van der Waals surface area contributed by atoms with Crippen LogP contribution in [0.4, 0.5) is 5.69 Å². The summed E-state index contributed by atoms with van der Waals surface area (Å²) in [5.74, 6) is 0. The van der Waals surface area contributed by atoms with Gasteiger partial charge in [-0.15, -0.1) is 11.3 Å². The van der Waals surface area contributed by atoms with Crippen LogP contribution >= 0.6 is 22.9 Å². The highest BCUT2D eigenvalue weighted by Gasteiger charge is 2.11. The van der Waals surface area contributed by atoms with E-state index >= 15 is 0 Å². The van der Waals surface area contributed by atoms with Crippen LogP contribution in [0.2, 0.25) is 5.22 Å². The zero-order valence-electron chi connectivity index (χ0n) is 11.0. The van der Waals surface area contributed by atoms with Crippen LogP contribution in [-0.2, 0) is 6.54 Å². The van der Waals surface area contributed by atoms with Crippen LogP contribution in [0, 0.1) is 0 Å². The number of rotatable bonds is 3. The zero-order chi connectivity index (χ0) is 14.2. The molecule has 1 N–H and O–H groups in total. The Bertz CT molecular complexity index is 928. The van der Waals surface area contributed by atoms with Crippen molar-refractivity contribution in [3.05, 3.63) is 58.8 Å². The Labute approximate surface area is 130 Å². The van der Waals surface area contributed by atoms with E-state index in [9.17, 15) is 0 Å². The number of para-hydroxylation sites is 1. The van der Waals surface area contributed by atoms with Crippen molar-refractivity contribution in [3.63, 3.8) is 0 Å². The molecule has 0 aliphatic heterocycles. The normalized spacial score (nSPS) is 11.3. The highest BCUT2D eigenvalue weighted by atomic mass is 35.5. The fourth-order valence-corrected chi connectivity index (χ4v) is 3.36. The smallest absolute Gasteiger partial charge is 0.199 e. The van der Waals surface area contributed by atoms with Crippen molar-refractivity contribution in [2.24, 2.45) is 0 Å². The highest BCUT2D eigenvalue weighted by Crippen LogP contribution is 2.30. The average Bonchev–Trinajstić information content (AvgIpc) is 3.08. The van der Waals surface area contributed by atoms with Gasteiger partial charge in [-0.25, -0.2) is 4.98 Å². The van der Waals surface area contributed by atoms with E-state index in [0.717, 1.165) is 27.7 Å². The minimum atomic E-state index is 0.447. The summed E-state index contributed by atoms with van der Waals surface area (Å²) in [5, 5.41) is 4.89. The van der Waals surface area contributed by atoms with Gasteiger partial charge >= 0.3 is 0 Å². The predicted octanol–water partition coefficient (Wildman–Crippen LogP) is 5.31. The van der Waals surface area contributed by atoms with Crippen LogP contribution in [0.5, 0.6) is 0 Å². The van der Waals surface area contributed by atoms with Gasteiger partial charge in [0.15, 0.2) is 5.22 Å². The number of hydrogen-bond acceptors (Lipinski definition) is 4. The van der Waals surface area contributed by atoms with E-state index in [-0.39, 0.29) is 0 Å². The quantitative estimate of drug-likeness (QED) is 0.557. The number of halogens is 1. The molecule has 0 bridgehead atoms. The fraction of sp³-hybridized carbons (Fsp3) is 0.0625. The molecule has 0 spiro atoms. The minimum Gasteiger partial charge on any atom is -0.444 e. The molecule has 3 nitrogen and oxygen atoms in total. The monoisotopic (exact) mass is 314 g/mol. The summed E-state index contributed by atoms with van der Waals surface area (Å²) in [6.45, 7) is 0.625. The summed E-state index contributed by atoms with van der Waals surface area (Å²) in [6, 6.07) is 14.0. The van der Waals surface area contributed by atoms with Gasteiger partial charge < -0.3 is 9.73 Å². The maximum atomic E-state index is 6.20. The standard InChI is InChI=1S/C16H11ClN2OS/c17-16-12(11-3-1-2-4-14(11)20-16)8-18-10-5-6-13-15(7-10)21-9-19-13/h1-7,9,18H,8H2. The average molecular weight is 315 g/mol. The number of fused-ring (bicyclic) bond motifs is 2. The molecular weight excluding hydrogens is 304 g/mol. The van der Waals surface area contributed by atoms with E-state index in [4.69, 9.17) is 16.0 Å². The Morgan fingerprint density at radius 1 is 1.19 bits per heavy atom. The predicted molar refractivity (Wildman–Crippen MR) is 88.2 cm³/mol. The van der Waals surface area contributed by atoms with Gasteiger partial charge in [0.2, 0.25) is 0 Å². The van der Waals surface area contributed by atoms with Gasteiger partial charge in [-0.2, -0.15) is 0 Å². The molecule has 21 heavy (non-hydrogen) atoms. The first-order chi connectivity index (χ1) is 10.3. The molecule has 0 amide bonds. The second kappa shape index (κ2) is 5.06. The largest absolute Gasteiger partial charge is 0.444 e. The van der Waals surface area contributed by atoms with E-state index < -0.39 is 0 Å². The Kier molecular flexibility index (Phi) is 3.05. The zero-order valence-corrected chi connectivity index (χ0v) is 12.5. The number of furan rings is 1. The summed E-state index contributed by atoms with van der Waals surface area (Å²) in [7, 11) is 0. The molecule has 104 valence electrons. The van der Waals surface area contributed by atoms with E-state index in [2.05, 4.69) is 16.4 Å². The molecule has 0 saturated carbocycles. The lowest BCUT2D eigenvalue weighted by atomic mass is 10.2. The summed E-state index contributed by atoms with van der Waals surface area (Å²) < 4.78 is 6.73. The lowest BCUT2D eigenvalue weighted by Gasteiger charge is -2.05. The maximum absolute atomic E-state index is 6.20. The van der Waals surface area contributed by atoms with Gasteiger partial charge in [-0.3, -0.25) is 0 Å². The lowest BCUT2D eigenvalue weighted by molar-refractivity contribution is 0.613. The number of benzene rings is 2. The molecule has 4 aromatic rings. The van der Waals surface area contributed by atoms with Crippen molar-refractivity contribution in [2.45, 2.75) is 6.54 Å². The topological polar surface area (TPSA) is 38.1 Å². The van der Waals surface area contributed by atoms with Crippen molar-refractivity contribution < 1.29 is 4.42 Å². The third kappa shape index (κ3) is 2.26. The van der Waals surface area contributed by atoms with E-state index in [1.807, 2.05) is 41.9 Å². The van der Waals surface area contributed by atoms with Crippen LogP contribution in [0.3, 0.4) is 0 Å². The Morgan fingerprint density at radius 2 is 2.10 bits per heavy atom. The van der Waals surface area contributed by atoms with Crippen LogP contribution in [0.1, 0.15) is 5.56 Å². The molecule has 0 fully saturated rings. The first-order valence-electron chi connectivity index (χ1n) is 6.54. The molecule has 0 saturated heterocycles. The van der Waals surface area contributed by atoms with Crippen LogP contribution < -0.4 is 5.32 Å². The van der Waals surface area contributed by atoms with Crippen molar-refractivity contribution in [1.29, 1.82) is 0 Å². The highest BCUT2D eigenvalue weighted by molar-refractivity contribution is 7.16. The molecule has 5 heteroatoms. The summed E-state index contributed by atoms with van der Waals surface area (Å²) in [6.07, 6.45) is 0. The Morgan fingerprint density at radius 3 is 3.05 bits per heavy atom. The van der Waals surface area contributed by atoms with E-state index in [1.165, 1.54) is 4.70 Å². The Balaban J connectivity index is 1.64. The molecule has 0 unspecified atom stereocenters. The second-order valence-electron chi connectivity index (χ2n) is 4.74. The minimum absolute atomic E-state index is 0.447. The van der Waals surface area contributed by atoms with Crippen molar-refractivity contribution >= 4 is 49.8 Å². The van der Waals surface area contributed by atoms with Crippen LogP contribution in [-0.4, -0.2) is 4.98 Å². The SMILES string of the molecule is Clc1oc2ccccc2c1CNc1ccc2ncsc2c1. The van der Waals surface area contributed by atoms with Gasteiger partial charge in [-0.05, 0) is 35.9 Å². The van der Waals surface area contributed by atoms with E-state index in [0.29, 0.717) is 11.8 Å². The first kappa shape index (κ1) is 12.7. The van der Waals surface area contributed by atoms with Gasteiger partial charge in [-0.1, -0.05) is 18.2 Å². The van der Waals surface area contributed by atoms with Crippen molar-refractivity contribution in [3.8, 4) is 0 Å². The van der Waals surface area contributed by atoms with Crippen molar-refractivity contribution in [1.82, 2.24) is 4.98 Å². The van der Waals surface area contributed by atoms with Gasteiger partial charge in [0.25, 0.3) is 0 Å². The number of thiazole rings is 1. The maximum Gasteiger partial charge on any atom is 0.199 e. The molecule has 2 heterocycles. The second-order valence-corrected chi connectivity index (χ2v) is 5.97. The molecule has 0 aliphatic rings. The van der Waals surface area contributed by atoms with Crippen LogP contribution in [0.15, 0.2) is 52.4 Å². The number of hydrogen-bond donors (Lipinski definition) is 1. The molecule has 2 aromatic carbocycles. The van der Waals surface area contributed by atoms with Crippen LogP contribution in [0.25, 0.3) is 21.2 Å². The first-order valence-corrected chi connectivity index (χ1v) is 7.80. The fourth-order valence-electron chi connectivity index (χ4n) is 2.39. The molecule has 0 radical (unpaired) electrons. The number of anilines is 1. The lowest BCUT2D eigenvalue weighted by Crippen LogP contribution is -1.98. The van der Waals surface area contributed by atoms with Crippen molar-refractivity contribution in [2.75, 3.05) is 5.32 Å². The molecule has 0 aliphatic carbocycles. The van der Waals surface area contributed by atoms with E-state index in [1.54, 1.807) is 11.3 Å². The summed E-state index contributed by atoms with van der Waals surface area (Å²) >= 11 is 7.83. The summed E-state index contributed by atoms with van der Waals surface area (Å²) in [4.78, 5) is 4.28. The summed E-state index contributed by atoms with van der Waals surface area (Å²) in [5.41, 5.74) is 5.73. The Hall–Kier alpha value is -2.04. The van der Waals surface area contributed by atoms with Gasteiger partial charge in [0, 0.05) is 23.2 Å². The van der Waals surface area contributed by atoms with Gasteiger partial charge in [0.05, 0.1) is 15.7 Å². The molecule has 2 aromatic heterocycles. The number of nitrogens with one attached hydrogen (secondary N) is 1. The molecular formula is C16H11ClN2OS. The third-order valence-electron chi connectivity index (χ3n) is 3.45. The molecule has 0 atom stereocenters. The third-order valence-corrected chi connectivity index (χ3v) is 4.55. The number of nitrogens with zero attached hydrogens (tertiary/aromatic N) is 1. The number of aromatic nitrogens is 1. The van der Waals surface area contributed by atoms with Gasteiger partial charge in [0.1, 0.15) is 5.58 Å². The molecule has 4 rings (SSSR count).